The number of hydrogen-bond donors (Lipinski definition) is 3. The molecule has 1 aromatic carbocycles. The Bertz CT molecular complexity index is 623. The predicted octanol–water partition coefficient (Wildman–Crippen LogP) is 3.26. The zero-order valence-electron chi connectivity index (χ0n) is 11.9. The van der Waals surface area contributed by atoms with Crippen molar-refractivity contribution >= 4 is 21.6 Å². The van der Waals surface area contributed by atoms with Crippen molar-refractivity contribution in [3.05, 3.63) is 53.4 Å². The van der Waals surface area contributed by atoms with Crippen LogP contribution in [0.1, 0.15) is 31.4 Å². The van der Waals surface area contributed by atoms with Crippen LogP contribution in [-0.4, -0.2) is 15.1 Å². The van der Waals surface area contributed by atoms with Gasteiger partial charge in [0.15, 0.2) is 11.6 Å². The molecule has 0 fully saturated rings. The maximum atomic E-state index is 13.4. The van der Waals surface area contributed by atoms with Crippen LogP contribution in [0.25, 0.3) is 0 Å². The summed E-state index contributed by atoms with van der Waals surface area (Å²) < 4.78 is 13.3. The van der Waals surface area contributed by atoms with Crippen LogP contribution in [-0.2, 0) is 0 Å². The average Bonchev–Trinajstić information content (AvgIpc) is 2.41. The second kappa shape index (κ2) is 6.12. The molecule has 5 heteroatoms. The first kappa shape index (κ1) is 15.9. The van der Waals surface area contributed by atoms with Gasteiger partial charge >= 0.3 is 0 Å². The standard InChI is InChI=1S/C16H18BrFN2O/c1-16(17)7-5-10(6-8-16)13(19)9-14(20)11-3-2-4-12(18)15(11)21/h2-7,14,19,21H,8-9,20H2,1H3/p+1. The van der Waals surface area contributed by atoms with Gasteiger partial charge in [0.05, 0.1) is 5.56 Å². The fraction of sp³-hybridized carbons (Fsp3) is 0.312. The molecule has 21 heavy (non-hydrogen) atoms. The molecule has 1 aliphatic carbocycles. The van der Waals surface area contributed by atoms with E-state index in [4.69, 9.17) is 5.41 Å². The SMILES string of the molecule is CC1(Br)C=CC(C(=N)CC([NH3+])c2cccc(F)c2O)=CC1. The lowest BCUT2D eigenvalue weighted by Crippen LogP contribution is -2.54. The Kier molecular flexibility index (Phi) is 4.64. The fourth-order valence-electron chi connectivity index (χ4n) is 2.27. The molecule has 1 aliphatic rings. The van der Waals surface area contributed by atoms with Crippen LogP contribution >= 0.6 is 15.9 Å². The first-order valence-corrected chi connectivity index (χ1v) is 7.56. The molecule has 1 aromatic rings. The van der Waals surface area contributed by atoms with Gasteiger partial charge in [0.25, 0.3) is 0 Å². The summed E-state index contributed by atoms with van der Waals surface area (Å²) in [5.74, 6) is -1.02. The van der Waals surface area contributed by atoms with Crippen molar-refractivity contribution in [3.8, 4) is 5.75 Å². The molecule has 0 bridgehead atoms. The summed E-state index contributed by atoms with van der Waals surface area (Å²) in [5.41, 5.74) is 5.68. The summed E-state index contributed by atoms with van der Waals surface area (Å²) in [4.78, 5) is 0. The Morgan fingerprint density at radius 1 is 1.57 bits per heavy atom. The van der Waals surface area contributed by atoms with E-state index in [1.54, 1.807) is 12.1 Å². The first-order chi connectivity index (χ1) is 9.80. The summed E-state index contributed by atoms with van der Waals surface area (Å²) in [6.07, 6.45) is 7.11. The van der Waals surface area contributed by atoms with E-state index in [-0.39, 0.29) is 16.1 Å². The van der Waals surface area contributed by atoms with E-state index in [0.29, 0.717) is 17.7 Å². The minimum atomic E-state index is -0.653. The van der Waals surface area contributed by atoms with Crippen molar-refractivity contribution in [2.45, 2.75) is 30.1 Å². The lowest BCUT2D eigenvalue weighted by molar-refractivity contribution is -0.424. The Hall–Kier alpha value is -1.46. The lowest BCUT2D eigenvalue weighted by Gasteiger charge is -2.21. The summed E-state index contributed by atoms with van der Waals surface area (Å²) in [7, 11) is 0. The number of aromatic hydroxyl groups is 1. The molecule has 0 amide bonds. The molecule has 2 rings (SSSR count). The Balaban J connectivity index is 2.08. The molecule has 0 radical (unpaired) electrons. The third kappa shape index (κ3) is 3.80. The first-order valence-electron chi connectivity index (χ1n) is 6.77. The van der Waals surface area contributed by atoms with E-state index in [2.05, 4.69) is 28.6 Å². The normalized spacial score (nSPS) is 22.8. The van der Waals surface area contributed by atoms with E-state index in [0.717, 1.165) is 12.0 Å². The van der Waals surface area contributed by atoms with Crippen molar-refractivity contribution < 1.29 is 15.2 Å². The molecule has 3 nitrogen and oxygen atoms in total. The molecule has 5 N–H and O–H groups in total. The van der Waals surface area contributed by atoms with Gasteiger partial charge in [-0.25, -0.2) is 4.39 Å². The van der Waals surface area contributed by atoms with Gasteiger partial charge in [-0.2, -0.15) is 0 Å². The second-order valence-electron chi connectivity index (χ2n) is 5.53. The Labute approximate surface area is 132 Å². The summed E-state index contributed by atoms with van der Waals surface area (Å²) in [5, 5.41) is 17.9. The molecule has 0 aliphatic heterocycles. The number of nitrogens with one attached hydrogen (secondary N) is 1. The molecule has 0 saturated carbocycles. The zero-order chi connectivity index (χ0) is 15.6. The van der Waals surface area contributed by atoms with Crippen molar-refractivity contribution in [2.24, 2.45) is 0 Å². The lowest BCUT2D eigenvalue weighted by atomic mass is 9.92. The van der Waals surface area contributed by atoms with Crippen molar-refractivity contribution in [3.63, 3.8) is 0 Å². The average molecular weight is 354 g/mol. The van der Waals surface area contributed by atoms with Crippen LogP contribution in [0.3, 0.4) is 0 Å². The van der Waals surface area contributed by atoms with Crippen LogP contribution in [0.2, 0.25) is 0 Å². The fourth-order valence-corrected chi connectivity index (χ4v) is 2.56. The predicted molar refractivity (Wildman–Crippen MR) is 85.2 cm³/mol. The molecule has 0 aromatic heterocycles. The number of benzene rings is 1. The van der Waals surface area contributed by atoms with Crippen LogP contribution in [0.15, 0.2) is 42.0 Å². The van der Waals surface area contributed by atoms with Gasteiger partial charge in [0.2, 0.25) is 0 Å². The van der Waals surface area contributed by atoms with E-state index in [9.17, 15) is 9.50 Å². The molecular formula is C16H19BrFN2O+. The zero-order valence-corrected chi connectivity index (χ0v) is 13.5. The highest BCUT2D eigenvalue weighted by molar-refractivity contribution is 9.10. The molecule has 2 atom stereocenters. The van der Waals surface area contributed by atoms with Crippen LogP contribution in [0.5, 0.6) is 5.75 Å². The maximum Gasteiger partial charge on any atom is 0.165 e. The van der Waals surface area contributed by atoms with E-state index >= 15 is 0 Å². The number of hydrogen-bond acceptors (Lipinski definition) is 2. The van der Waals surface area contributed by atoms with Gasteiger partial charge in [0.1, 0.15) is 6.04 Å². The molecular weight excluding hydrogens is 335 g/mol. The number of allylic oxidation sites excluding steroid dienone is 4. The van der Waals surface area contributed by atoms with E-state index in [1.165, 1.54) is 6.07 Å². The van der Waals surface area contributed by atoms with Gasteiger partial charge in [0, 0.05) is 16.5 Å². The highest BCUT2D eigenvalue weighted by Gasteiger charge is 2.23. The number of alkyl halides is 1. The van der Waals surface area contributed by atoms with Crippen molar-refractivity contribution in [1.82, 2.24) is 0 Å². The third-order valence-electron chi connectivity index (χ3n) is 3.59. The van der Waals surface area contributed by atoms with Gasteiger partial charge in [-0.1, -0.05) is 40.2 Å². The van der Waals surface area contributed by atoms with Crippen molar-refractivity contribution in [1.29, 1.82) is 5.41 Å². The Morgan fingerprint density at radius 3 is 2.90 bits per heavy atom. The van der Waals surface area contributed by atoms with Crippen LogP contribution in [0, 0.1) is 11.2 Å². The Morgan fingerprint density at radius 2 is 2.29 bits per heavy atom. The number of phenols is 1. The molecule has 0 heterocycles. The van der Waals surface area contributed by atoms with E-state index < -0.39 is 5.82 Å². The van der Waals surface area contributed by atoms with Gasteiger partial charge in [-0.15, -0.1) is 0 Å². The van der Waals surface area contributed by atoms with Gasteiger partial charge < -0.3 is 16.2 Å². The largest absolute Gasteiger partial charge is 0.504 e. The molecule has 0 spiro atoms. The molecule has 0 saturated heterocycles. The smallest absolute Gasteiger partial charge is 0.165 e. The number of para-hydroxylation sites is 1. The minimum Gasteiger partial charge on any atom is -0.504 e. The van der Waals surface area contributed by atoms with Gasteiger partial charge in [-0.3, -0.25) is 0 Å². The van der Waals surface area contributed by atoms with E-state index in [1.807, 2.05) is 18.2 Å². The monoisotopic (exact) mass is 353 g/mol. The van der Waals surface area contributed by atoms with Gasteiger partial charge in [-0.05, 0) is 31.1 Å². The summed E-state index contributed by atoms with van der Waals surface area (Å²) >= 11 is 3.59. The second-order valence-corrected chi connectivity index (χ2v) is 7.34. The highest BCUT2D eigenvalue weighted by atomic mass is 79.9. The maximum absolute atomic E-state index is 13.4. The number of halogens is 2. The number of phenolic OH excluding ortho intramolecular Hbond substituents is 1. The highest BCUT2D eigenvalue weighted by Crippen LogP contribution is 2.31. The topological polar surface area (TPSA) is 71.7 Å². The summed E-state index contributed by atoms with van der Waals surface area (Å²) in [6, 6.07) is 4.03. The molecule has 112 valence electrons. The number of quaternary nitrogens is 1. The summed E-state index contributed by atoms with van der Waals surface area (Å²) in [6.45, 7) is 2.06. The number of rotatable bonds is 4. The third-order valence-corrected chi connectivity index (χ3v) is 4.18. The quantitative estimate of drug-likeness (QED) is 0.564. The molecule has 2 unspecified atom stereocenters. The van der Waals surface area contributed by atoms with Crippen molar-refractivity contribution in [2.75, 3.05) is 0 Å². The minimum absolute atomic E-state index is 0.0541. The van der Waals surface area contributed by atoms with Crippen LogP contribution < -0.4 is 5.73 Å². The van der Waals surface area contributed by atoms with Crippen LogP contribution in [0.4, 0.5) is 4.39 Å².